The van der Waals surface area contributed by atoms with Crippen LogP contribution in [0.5, 0.6) is 17.2 Å². The van der Waals surface area contributed by atoms with Crippen molar-refractivity contribution < 1.29 is 19.0 Å². The second-order valence-corrected chi connectivity index (χ2v) is 9.12. The molecule has 4 aromatic carbocycles. The van der Waals surface area contributed by atoms with Gasteiger partial charge in [-0.25, -0.2) is 0 Å². The molecule has 0 saturated heterocycles. The van der Waals surface area contributed by atoms with Crippen molar-refractivity contribution in [3.8, 4) is 23.3 Å². The number of hydrogen-bond acceptors (Lipinski definition) is 5. The molecular formula is C31H27BrN2O4. The van der Waals surface area contributed by atoms with Crippen molar-refractivity contribution in [2.45, 2.75) is 20.5 Å². The SMILES string of the molecule is CCOc1ccc(NC(=O)/C(C#N)=C\c2cc(OCC)c(OCc3cccc4ccccc34)cc2Br)cc1. The van der Waals surface area contributed by atoms with E-state index in [0.717, 1.165) is 16.3 Å². The summed E-state index contributed by atoms with van der Waals surface area (Å²) < 4.78 is 18.1. The Morgan fingerprint density at radius 1 is 0.921 bits per heavy atom. The number of benzene rings is 4. The summed E-state index contributed by atoms with van der Waals surface area (Å²) in [7, 11) is 0. The number of fused-ring (bicyclic) bond motifs is 1. The van der Waals surface area contributed by atoms with E-state index in [9.17, 15) is 10.1 Å². The standard InChI is InChI=1S/C31H27BrN2O4/c1-3-36-26-14-12-25(13-15-26)34-31(35)24(19-33)16-23-17-29(37-4-2)30(18-28(23)32)38-20-22-10-7-9-21-8-5-6-11-27(21)22/h5-18H,3-4,20H2,1-2H3,(H,34,35)/b24-16-. The van der Waals surface area contributed by atoms with E-state index < -0.39 is 5.91 Å². The monoisotopic (exact) mass is 570 g/mol. The molecule has 7 heteroatoms. The van der Waals surface area contributed by atoms with Gasteiger partial charge in [-0.1, -0.05) is 58.4 Å². The number of nitrogens with zero attached hydrogens (tertiary/aromatic N) is 1. The minimum absolute atomic E-state index is 0.0496. The van der Waals surface area contributed by atoms with Gasteiger partial charge < -0.3 is 19.5 Å². The van der Waals surface area contributed by atoms with E-state index in [4.69, 9.17) is 14.2 Å². The lowest BCUT2D eigenvalue weighted by molar-refractivity contribution is -0.112. The molecule has 6 nitrogen and oxygen atoms in total. The Balaban J connectivity index is 1.55. The Bertz CT molecular complexity index is 1500. The first-order valence-electron chi connectivity index (χ1n) is 12.2. The molecule has 1 N–H and O–H groups in total. The zero-order chi connectivity index (χ0) is 26.9. The number of amides is 1. The minimum Gasteiger partial charge on any atom is -0.494 e. The summed E-state index contributed by atoms with van der Waals surface area (Å²) in [6, 6.07) is 26.8. The first-order chi connectivity index (χ1) is 18.5. The number of halogens is 1. The molecule has 0 aliphatic carbocycles. The van der Waals surface area contributed by atoms with Crippen LogP contribution in [0.3, 0.4) is 0 Å². The van der Waals surface area contributed by atoms with Gasteiger partial charge in [0.15, 0.2) is 11.5 Å². The predicted molar refractivity (Wildman–Crippen MR) is 153 cm³/mol. The van der Waals surface area contributed by atoms with Crippen LogP contribution in [0.2, 0.25) is 0 Å². The maximum atomic E-state index is 12.8. The fraction of sp³-hybridized carbons (Fsp3) is 0.161. The Labute approximate surface area is 230 Å². The molecule has 1 amide bonds. The zero-order valence-corrected chi connectivity index (χ0v) is 22.7. The largest absolute Gasteiger partial charge is 0.494 e. The second-order valence-electron chi connectivity index (χ2n) is 8.26. The molecule has 0 atom stereocenters. The van der Waals surface area contributed by atoms with Crippen LogP contribution in [0.15, 0.2) is 88.9 Å². The van der Waals surface area contributed by atoms with Crippen LogP contribution in [-0.4, -0.2) is 19.1 Å². The van der Waals surface area contributed by atoms with E-state index in [1.54, 1.807) is 36.4 Å². The quantitative estimate of drug-likeness (QED) is 0.157. The molecule has 192 valence electrons. The number of anilines is 1. The molecule has 0 heterocycles. The molecular weight excluding hydrogens is 544 g/mol. The van der Waals surface area contributed by atoms with E-state index >= 15 is 0 Å². The molecule has 0 spiro atoms. The van der Waals surface area contributed by atoms with Crippen LogP contribution in [0.25, 0.3) is 16.8 Å². The highest BCUT2D eigenvalue weighted by molar-refractivity contribution is 9.10. The van der Waals surface area contributed by atoms with Gasteiger partial charge >= 0.3 is 0 Å². The van der Waals surface area contributed by atoms with E-state index in [-0.39, 0.29) is 5.57 Å². The van der Waals surface area contributed by atoms with Crippen molar-refractivity contribution in [3.05, 3.63) is 100 Å². The Morgan fingerprint density at radius 3 is 2.37 bits per heavy atom. The molecule has 0 aliphatic heterocycles. The maximum Gasteiger partial charge on any atom is 0.266 e. The van der Waals surface area contributed by atoms with Gasteiger partial charge in [0.05, 0.1) is 13.2 Å². The Kier molecular flexibility index (Phi) is 9.02. The normalized spacial score (nSPS) is 11.1. The fourth-order valence-electron chi connectivity index (χ4n) is 3.92. The topological polar surface area (TPSA) is 80.6 Å². The van der Waals surface area contributed by atoms with E-state index in [1.165, 1.54) is 6.08 Å². The van der Waals surface area contributed by atoms with Crippen LogP contribution in [0.1, 0.15) is 25.0 Å². The van der Waals surface area contributed by atoms with E-state index in [0.29, 0.717) is 52.8 Å². The number of nitriles is 1. The first-order valence-corrected chi connectivity index (χ1v) is 13.0. The second kappa shape index (κ2) is 12.8. The average molecular weight is 571 g/mol. The first kappa shape index (κ1) is 26.8. The van der Waals surface area contributed by atoms with Crippen LogP contribution < -0.4 is 19.5 Å². The highest BCUT2D eigenvalue weighted by Gasteiger charge is 2.15. The highest BCUT2D eigenvalue weighted by Crippen LogP contribution is 2.36. The van der Waals surface area contributed by atoms with E-state index in [1.807, 2.05) is 44.2 Å². The third-order valence-corrected chi connectivity index (χ3v) is 6.40. The molecule has 0 aliphatic rings. The number of ether oxygens (including phenoxy) is 3. The van der Waals surface area contributed by atoms with Crippen LogP contribution >= 0.6 is 15.9 Å². The van der Waals surface area contributed by atoms with E-state index in [2.05, 4.69) is 39.4 Å². The van der Waals surface area contributed by atoms with Gasteiger partial charge in [0.2, 0.25) is 0 Å². The predicted octanol–water partition coefficient (Wildman–Crippen LogP) is 7.52. The molecule has 0 saturated carbocycles. The molecule has 4 aromatic rings. The van der Waals surface area contributed by atoms with Gasteiger partial charge in [-0.05, 0) is 78.2 Å². The molecule has 4 rings (SSSR count). The average Bonchev–Trinajstić information content (AvgIpc) is 2.93. The molecule has 38 heavy (non-hydrogen) atoms. The van der Waals surface area contributed by atoms with Crippen molar-refractivity contribution in [1.82, 2.24) is 0 Å². The lowest BCUT2D eigenvalue weighted by Crippen LogP contribution is -2.13. The van der Waals surface area contributed by atoms with Gasteiger partial charge in [-0.2, -0.15) is 5.26 Å². The van der Waals surface area contributed by atoms with Gasteiger partial charge in [0.25, 0.3) is 5.91 Å². The van der Waals surface area contributed by atoms with Crippen molar-refractivity contribution in [3.63, 3.8) is 0 Å². The lowest BCUT2D eigenvalue weighted by atomic mass is 10.1. The third-order valence-electron chi connectivity index (χ3n) is 5.71. The summed E-state index contributed by atoms with van der Waals surface area (Å²) in [5.41, 5.74) is 2.19. The minimum atomic E-state index is -0.516. The molecule has 0 aromatic heterocycles. The van der Waals surface area contributed by atoms with Crippen LogP contribution in [-0.2, 0) is 11.4 Å². The summed E-state index contributed by atoms with van der Waals surface area (Å²) >= 11 is 3.56. The zero-order valence-electron chi connectivity index (χ0n) is 21.2. The van der Waals surface area contributed by atoms with Gasteiger partial charge in [0.1, 0.15) is 24.0 Å². The van der Waals surface area contributed by atoms with Crippen molar-refractivity contribution in [2.75, 3.05) is 18.5 Å². The Morgan fingerprint density at radius 2 is 1.63 bits per heavy atom. The number of hydrogen-bond donors (Lipinski definition) is 1. The number of nitrogens with one attached hydrogen (secondary N) is 1. The molecule has 0 unspecified atom stereocenters. The van der Waals surface area contributed by atoms with Gasteiger partial charge in [0, 0.05) is 10.2 Å². The summed E-state index contributed by atoms with van der Waals surface area (Å²) in [4.78, 5) is 12.8. The molecule has 0 bridgehead atoms. The van der Waals surface area contributed by atoms with Crippen molar-refractivity contribution in [1.29, 1.82) is 5.26 Å². The summed E-state index contributed by atoms with van der Waals surface area (Å²) in [5.74, 6) is 1.27. The third kappa shape index (κ3) is 6.53. The lowest BCUT2D eigenvalue weighted by Gasteiger charge is -2.15. The number of carbonyl (C=O) groups excluding carboxylic acids is 1. The fourth-order valence-corrected chi connectivity index (χ4v) is 4.36. The van der Waals surface area contributed by atoms with Gasteiger partial charge in [-0.15, -0.1) is 0 Å². The summed E-state index contributed by atoms with van der Waals surface area (Å²) in [6.07, 6.45) is 1.52. The smallest absolute Gasteiger partial charge is 0.266 e. The Hall–Kier alpha value is -4.28. The van der Waals surface area contributed by atoms with Crippen molar-refractivity contribution >= 4 is 44.4 Å². The van der Waals surface area contributed by atoms with Crippen molar-refractivity contribution in [2.24, 2.45) is 0 Å². The van der Waals surface area contributed by atoms with Crippen LogP contribution in [0.4, 0.5) is 5.69 Å². The maximum absolute atomic E-state index is 12.8. The highest BCUT2D eigenvalue weighted by atomic mass is 79.9. The summed E-state index contributed by atoms with van der Waals surface area (Å²) in [6.45, 7) is 5.13. The molecule has 0 radical (unpaired) electrons. The van der Waals surface area contributed by atoms with Gasteiger partial charge in [-0.3, -0.25) is 4.79 Å². The number of carbonyl (C=O) groups is 1. The van der Waals surface area contributed by atoms with Crippen LogP contribution in [0, 0.1) is 11.3 Å². The summed E-state index contributed by atoms with van der Waals surface area (Å²) in [5, 5.41) is 14.7. The molecule has 0 fully saturated rings. The number of rotatable bonds is 10.